The van der Waals surface area contributed by atoms with E-state index in [0.717, 1.165) is 11.3 Å². The van der Waals surface area contributed by atoms with E-state index >= 15 is 0 Å². The van der Waals surface area contributed by atoms with E-state index in [4.69, 9.17) is 23.2 Å². The number of benzene rings is 2. The van der Waals surface area contributed by atoms with E-state index < -0.39 is 9.84 Å². The topological polar surface area (TPSA) is 64.8 Å². The molecule has 3 aromatic rings. The molecule has 0 saturated heterocycles. The van der Waals surface area contributed by atoms with E-state index in [-0.39, 0.29) is 10.6 Å². The molecule has 3 rings (SSSR count). The number of aromatic nitrogens is 3. The van der Waals surface area contributed by atoms with Crippen LogP contribution in [-0.4, -0.2) is 34.7 Å². The van der Waals surface area contributed by atoms with E-state index in [2.05, 4.69) is 10.2 Å². The molecule has 0 aliphatic heterocycles. The Hall–Kier alpha value is -1.54. The highest BCUT2D eigenvalue weighted by molar-refractivity contribution is 8.00. The van der Waals surface area contributed by atoms with Crippen LogP contribution in [0.15, 0.2) is 58.8 Å². The van der Waals surface area contributed by atoms with Crippen molar-refractivity contribution in [2.75, 3.05) is 11.5 Å². The van der Waals surface area contributed by atoms with Crippen molar-refractivity contribution in [3.63, 3.8) is 0 Å². The lowest BCUT2D eigenvalue weighted by Gasteiger charge is -2.08. The molecule has 0 amide bonds. The first-order chi connectivity index (χ1) is 12.4. The van der Waals surface area contributed by atoms with Gasteiger partial charge in [0.15, 0.2) is 15.0 Å². The van der Waals surface area contributed by atoms with Gasteiger partial charge in [-0.2, -0.15) is 0 Å². The summed E-state index contributed by atoms with van der Waals surface area (Å²) in [6, 6.07) is 11.8. The van der Waals surface area contributed by atoms with Crippen LogP contribution in [0.4, 0.5) is 0 Å². The summed E-state index contributed by atoms with van der Waals surface area (Å²) in [5.74, 6) is 0.337. The predicted octanol–water partition coefficient (Wildman–Crippen LogP) is 4.45. The van der Waals surface area contributed by atoms with Gasteiger partial charge in [0, 0.05) is 15.8 Å². The van der Waals surface area contributed by atoms with Crippen LogP contribution in [0.5, 0.6) is 0 Å². The van der Waals surface area contributed by atoms with Crippen molar-refractivity contribution < 1.29 is 8.42 Å². The maximum Gasteiger partial charge on any atom is 0.195 e. The van der Waals surface area contributed by atoms with Crippen molar-refractivity contribution in [1.82, 2.24) is 14.8 Å². The number of halogens is 2. The van der Waals surface area contributed by atoms with Crippen LogP contribution in [0.25, 0.3) is 5.69 Å². The first-order valence-electron chi connectivity index (χ1n) is 7.64. The summed E-state index contributed by atoms with van der Waals surface area (Å²) in [7, 11) is -3.38. The number of thioether (sulfide) groups is 1. The number of rotatable bonds is 6. The number of nitrogens with zero attached hydrogens (tertiary/aromatic N) is 3. The third kappa shape index (κ3) is 4.40. The third-order valence-corrected chi connectivity index (χ3v) is 7.30. The number of hydrogen-bond acceptors (Lipinski definition) is 5. The van der Waals surface area contributed by atoms with E-state index in [9.17, 15) is 8.42 Å². The smallest absolute Gasteiger partial charge is 0.195 e. The fraction of sp³-hybridized carbons (Fsp3) is 0.176. The quantitative estimate of drug-likeness (QED) is 0.543. The normalized spacial score (nSPS) is 11.7. The third-order valence-electron chi connectivity index (χ3n) is 3.71. The van der Waals surface area contributed by atoms with Gasteiger partial charge in [0.05, 0.1) is 16.3 Å². The van der Waals surface area contributed by atoms with Gasteiger partial charge in [-0.1, -0.05) is 41.0 Å². The Morgan fingerprint density at radius 3 is 2.54 bits per heavy atom. The fourth-order valence-electron chi connectivity index (χ4n) is 2.23. The van der Waals surface area contributed by atoms with Gasteiger partial charge in [-0.25, -0.2) is 8.42 Å². The van der Waals surface area contributed by atoms with Gasteiger partial charge in [-0.05, 0) is 48.9 Å². The van der Waals surface area contributed by atoms with Crippen molar-refractivity contribution in [2.45, 2.75) is 17.0 Å². The van der Waals surface area contributed by atoms with Crippen molar-refractivity contribution >= 4 is 44.8 Å². The minimum atomic E-state index is -3.38. The van der Waals surface area contributed by atoms with Crippen molar-refractivity contribution in [3.8, 4) is 5.69 Å². The molecular weight excluding hydrogens is 413 g/mol. The molecule has 0 fully saturated rings. The molecule has 0 radical (unpaired) electrons. The highest BCUT2D eigenvalue weighted by atomic mass is 35.5. The summed E-state index contributed by atoms with van der Waals surface area (Å²) < 4.78 is 26.6. The van der Waals surface area contributed by atoms with Crippen molar-refractivity contribution in [1.29, 1.82) is 0 Å². The average molecular weight is 428 g/mol. The zero-order chi connectivity index (χ0) is 18.7. The Kier molecular flexibility index (Phi) is 5.92. The summed E-state index contributed by atoms with van der Waals surface area (Å²) in [5, 5.41) is 9.75. The fourth-order valence-corrected chi connectivity index (χ4v) is 5.11. The predicted molar refractivity (Wildman–Crippen MR) is 105 cm³/mol. The molecule has 0 aliphatic carbocycles. The number of sulfone groups is 1. The largest absolute Gasteiger partial charge is 0.277 e. The average Bonchev–Trinajstić information content (AvgIpc) is 3.06. The lowest BCUT2D eigenvalue weighted by atomic mass is 10.2. The molecule has 0 spiro atoms. The minimum absolute atomic E-state index is 0.0131. The zero-order valence-electron chi connectivity index (χ0n) is 13.8. The Morgan fingerprint density at radius 2 is 1.85 bits per heavy atom. The molecule has 1 aromatic heterocycles. The van der Waals surface area contributed by atoms with Gasteiger partial charge < -0.3 is 0 Å². The molecule has 0 aliphatic rings. The van der Waals surface area contributed by atoms with Crippen molar-refractivity contribution in [2.24, 2.45) is 0 Å². The number of hydrogen-bond donors (Lipinski definition) is 0. The Balaban J connectivity index is 1.70. The maximum atomic E-state index is 12.4. The number of aryl methyl sites for hydroxylation is 1. The van der Waals surface area contributed by atoms with Gasteiger partial charge in [0.1, 0.15) is 6.33 Å². The molecule has 136 valence electrons. The standard InChI is InChI=1S/C17H15Cl2N3O2S2/c1-12-2-5-14(10-16(12)19)22-11-20-21-17(22)25-8-9-26(23,24)15-6-3-13(18)4-7-15/h2-7,10-11H,8-9H2,1H3. The van der Waals surface area contributed by atoms with Crippen LogP contribution in [0, 0.1) is 6.92 Å². The molecule has 26 heavy (non-hydrogen) atoms. The summed E-state index contributed by atoms with van der Waals surface area (Å²) in [6.07, 6.45) is 1.58. The highest BCUT2D eigenvalue weighted by Crippen LogP contribution is 2.24. The lowest BCUT2D eigenvalue weighted by molar-refractivity contribution is 0.597. The molecule has 1 heterocycles. The molecule has 0 unspecified atom stereocenters. The molecule has 5 nitrogen and oxygen atoms in total. The van der Waals surface area contributed by atoms with Gasteiger partial charge in [-0.15, -0.1) is 10.2 Å². The van der Waals surface area contributed by atoms with Crippen LogP contribution in [0.3, 0.4) is 0 Å². The summed E-state index contributed by atoms with van der Waals surface area (Å²) in [5.41, 5.74) is 1.81. The van der Waals surface area contributed by atoms with E-state index in [1.165, 1.54) is 23.9 Å². The Bertz CT molecular complexity index is 1020. The van der Waals surface area contributed by atoms with Gasteiger partial charge in [0.25, 0.3) is 0 Å². The molecule has 0 bridgehead atoms. The summed E-state index contributed by atoms with van der Waals surface area (Å²) in [4.78, 5) is 0.259. The van der Waals surface area contributed by atoms with Crippen LogP contribution in [0.1, 0.15) is 5.56 Å². The molecule has 2 aromatic carbocycles. The second-order valence-electron chi connectivity index (χ2n) is 5.54. The lowest BCUT2D eigenvalue weighted by Crippen LogP contribution is -2.09. The van der Waals surface area contributed by atoms with Crippen LogP contribution in [-0.2, 0) is 9.84 Å². The Morgan fingerprint density at radius 1 is 1.12 bits per heavy atom. The van der Waals surface area contributed by atoms with E-state index in [1.807, 2.05) is 25.1 Å². The van der Waals surface area contributed by atoms with E-state index in [1.54, 1.807) is 23.0 Å². The second-order valence-corrected chi connectivity index (χ2v) is 9.55. The maximum absolute atomic E-state index is 12.4. The zero-order valence-corrected chi connectivity index (χ0v) is 16.9. The second kappa shape index (κ2) is 8.00. The van der Waals surface area contributed by atoms with Crippen LogP contribution < -0.4 is 0 Å². The SMILES string of the molecule is Cc1ccc(-n2cnnc2SCCS(=O)(=O)c2ccc(Cl)cc2)cc1Cl. The minimum Gasteiger partial charge on any atom is -0.277 e. The Labute approximate surface area is 166 Å². The molecule has 0 atom stereocenters. The molecule has 9 heteroatoms. The van der Waals surface area contributed by atoms with Crippen molar-refractivity contribution in [3.05, 3.63) is 64.4 Å². The molecular formula is C17H15Cl2N3O2S2. The first-order valence-corrected chi connectivity index (χ1v) is 11.0. The summed E-state index contributed by atoms with van der Waals surface area (Å²) in [6.45, 7) is 1.93. The monoisotopic (exact) mass is 427 g/mol. The van der Waals surface area contributed by atoms with Gasteiger partial charge >= 0.3 is 0 Å². The van der Waals surface area contributed by atoms with Crippen LogP contribution in [0.2, 0.25) is 10.0 Å². The molecule has 0 N–H and O–H groups in total. The summed E-state index contributed by atoms with van der Waals surface area (Å²) >= 11 is 13.3. The van der Waals surface area contributed by atoms with Gasteiger partial charge in [0.2, 0.25) is 0 Å². The van der Waals surface area contributed by atoms with Crippen LogP contribution >= 0.6 is 35.0 Å². The van der Waals surface area contributed by atoms with E-state index in [0.29, 0.717) is 21.0 Å². The highest BCUT2D eigenvalue weighted by Gasteiger charge is 2.16. The first kappa shape index (κ1) is 19.2. The molecule has 0 saturated carbocycles. The van der Waals surface area contributed by atoms with Gasteiger partial charge in [-0.3, -0.25) is 4.57 Å².